The molecule has 1 heterocycles. The minimum absolute atomic E-state index is 0.476. The maximum absolute atomic E-state index is 6.25. The molecule has 0 amide bonds. The van der Waals surface area contributed by atoms with Gasteiger partial charge in [-0.15, -0.1) is 0 Å². The molecule has 0 aromatic carbocycles. The summed E-state index contributed by atoms with van der Waals surface area (Å²) in [6.45, 7) is 10.6. The fraction of sp³-hybridized carbons (Fsp3) is 1.00. The van der Waals surface area contributed by atoms with Crippen molar-refractivity contribution in [1.29, 1.82) is 0 Å². The zero-order valence-electron chi connectivity index (χ0n) is 14.6. The number of hydrogen-bond acceptors (Lipinski definition) is 1. The molecule has 0 N–H and O–H groups in total. The van der Waals surface area contributed by atoms with Crippen LogP contribution in [0.2, 0.25) is 13.3 Å². The van der Waals surface area contributed by atoms with Crippen molar-refractivity contribution < 1.29 is 4.74 Å². The summed E-state index contributed by atoms with van der Waals surface area (Å²) in [6, 6.07) is 0. The predicted octanol–water partition coefficient (Wildman–Crippen LogP) is 6.33. The molecular formula is C18H38OSn. The summed E-state index contributed by atoms with van der Waals surface area (Å²) in [4.78, 5) is 0. The van der Waals surface area contributed by atoms with E-state index in [1.807, 2.05) is 0 Å². The molecule has 0 saturated carbocycles. The van der Waals surface area contributed by atoms with Crippen LogP contribution in [0.1, 0.15) is 85.5 Å². The third-order valence-electron chi connectivity index (χ3n) is 5.42. The summed E-state index contributed by atoms with van der Waals surface area (Å²) in [6.07, 6.45) is 12.7. The maximum atomic E-state index is 6.25. The molecule has 0 bridgehead atoms. The molecule has 1 fully saturated rings. The van der Waals surface area contributed by atoms with Crippen LogP contribution in [0.15, 0.2) is 0 Å². The molecule has 20 heavy (non-hydrogen) atoms. The minimum atomic E-state index is -2.12. The number of unbranched alkanes of at least 4 members (excludes halogenated alkanes) is 4. The van der Waals surface area contributed by atoms with E-state index in [0.717, 1.165) is 6.61 Å². The van der Waals surface area contributed by atoms with Gasteiger partial charge in [0.25, 0.3) is 0 Å². The molecule has 1 aliphatic heterocycles. The van der Waals surface area contributed by atoms with E-state index < -0.39 is 18.4 Å². The Bertz CT molecular complexity index is 226. The number of epoxide rings is 1. The monoisotopic (exact) mass is 390 g/mol. The first-order chi connectivity index (χ1) is 9.70. The van der Waals surface area contributed by atoms with Gasteiger partial charge in [0.1, 0.15) is 0 Å². The van der Waals surface area contributed by atoms with E-state index in [1.165, 1.54) is 57.8 Å². The van der Waals surface area contributed by atoms with Crippen molar-refractivity contribution in [1.82, 2.24) is 0 Å². The van der Waals surface area contributed by atoms with Crippen LogP contribution in [-0.4, -0.2) is 28.6 Å². The Labute approximate surface area is 132 Å². The second kappa shape index (κ2) is 9.71. The zero-order chi connectivity index (χ0) is 14.9. The van der Waals surface area contributed by atoms with Crippen LogP contribution in [0.25, 0.3) is 0 Å². The summed E-state index contributed by atoms with van der Waals surface area (Å²) in [5.74, 6) is 0. The molecule has 1 aliphatic rings. The standard InChI is InChI=1S/C6H11O.3C4H9.Sn/c1-2-3-4-6-5-7-6;3*1-3-4-2;/h2-5H2,1H3;3*1,3-4H2,2H3;. The van der Waals surface area contributed by atoms with Crippen molar-refractivity contribution in [2.24, 2.45) is 0 Å². The van der Waals surface area contributed by atoms with Crippen LogP contribution < -0.4 is 0 Å². The van der Waals surface area contributed by atoms with Gasteiger partial charge in [-0.3, -0.25) is 0 Å². The van der Waals surface area contributed by atoms with Gasteiger partial charge in [0.15, 0.2) is 0 Å². The summed E-state index contributed by atoms with van der Waals surface area (Å²) in [5.41, 5.74) is 0. The summed E-state index contributed by atoms with van der Waals surface area (Å²) >= 11 is -2.12. The van der Waals surface area contributed by atoms with Crippen molar-refractivity contribution in [3.05, 3.63) is 0 Å². The fourth-order valence-corrected chi connectivity index (χ4v) is 22.7. The Morgan fingerprint density at radius 1 is 0.750 bits per heavy atom. The summed E-state index contributed by atoms with van der Waals surface area (Å²) in [5, 5.41) is 0. The van der Waals surface area contributed by atoms with Crippen molar-refractivity contribution in [3.63, 3.8) is 0 Å². The third kappa shape index (κ3) is 4.90. The van der Waals surface area contributed by atoms with Crippen molar-refractivity contribution >= 4 is 18.4 Å². The van der Waals surface area contributed by atoms with Crippen molar-refractivity contribution in [2.45, 2.75) is 102 Å². The van der Waals surface area contributed by atoms with Gasteiger partial charge in [0.2, 0.25) is 0 Å². The normalized spacial score (nSPS) is 22.2. The molecule has 1 rings (SSSR count). The van der Waals surface area contributed by atoms with E-state index in [-0.39, 0.29) is 0 Å². The Balaban J connectivity index is 2.81. The molecule has 1 unspecified atom stereocenters. The Morgan fingerprint density at radius 2 is 1.15 bits per heavy atom. The zero-order valence-corrected chi connectivity index (χ0v) is 17.5. The van der Waals surface area contributed by atoms with Gasteiger partial charge in [0.05, 0.1) is 0 Å². The second-order valence-electron chi connectivity index (χ2n) is 6.98. The molecule has 120 valence electrons. The van der Waals surface area contributed by atoms with Gasteiger partial charge >= 0.3 is 132 Å². The first kappa shape index (κ1) is 18.8. The van der Waals surface area contributed by atoms with Crippen LogP contribution in [0, 0.1) is 0 Å². The topological polar surface area (TPSA) is 12.5 Å². The molecule has 0 aromatic rings. The molecule has 0 radical (unpaired) electrons. The molecule has 1 atom stereocenters. The number of rotatable bonds is 13. The predicted molar refractivity (Wildman–Crippen MR) is 93.1 cm³/mol. The fourth-order valence-electron chi connectivity index (χ4n) is 3.87. The van der Waals surface area contributed by atoms with Crippen LogP contribution in [0.4, 0.5) is 0 Å². The molecule has 1 saturated heterocycles. The molecule has 1 nitrogen and oxygen atoms in total. The van der Waals surface area contributed by atoms with Gasteiger partial charge in [-0.1, -0.05) is 0 Å². The quantitative estimate of drug-likeness (QED) is 0.265. The van der Waals surface area contributed by atoms with E-state index in [4.69, 9.17) is 4.74 Å². The number of ether oxygens (including phenoxy) is 1. The van der Waals surface area contributed by atoms with Gasteiger partial charge in [0, 0.05) is 0 Å². The van der Waals surface area contributed by atoms with Crippen LogP contribution in [0.3, 0.4) is 0 Å². The average Bonchev–Trinajstić information content (AvgIpc) is 3.26. The Kier molecular flexibility index (Phi) is 9.13. The van der Waals surface area contributed by atoms with E-state index >= 15 is 0 Å². The van der Waals surface area contributed by atoms with E-state index in [1.54, 1.807) is 13.3 Å². The SMILES string of the molecule is CCCC[C]1([Sn]([CH2]CCC)([CH2]CCC)[CH2]CCC)CO1. The molecule has 0 spiro atoms. The van der Waals surface area contributed by atoms with E-state index in [2.05, 4.69) is 27.7 Å². The number of hydrogen-bond donors (Lipinski definition) is 0. The van der Waals surface area contributed by atoms with Crippen molar-refractivity contribution in [3.8, 4) is 0 Å². The molecule has 0 aliphatic carbocycles. The molecular weight excluding hydrogens is 351 g/mol. The second-order valence-corrected chi connectivity index (χ2v) is 21.2. The van der Waals surface area contributed by atoms with Gasteiger partial charge in [-0.25, -0.2) is 0 Å². The summed E-state index contributed by atoms with van der Waals surface area (Å²) < 4.78 is 11.5. The van der Waals surface area contributed by atoms with Gasteiger partial charge < -0.3 is 0 Å². The summed E-state index contributed by atoms with van der Waals surface area (Å²) in [7, 11) is 0. The molecule has 2 heteroatoms. The average molecular weight is 389 g/mol. The Morgan fingerprint density at radius 3 is 1.45 bits per heavy atom. The van der Waals surface area contributed by atoms with Crippen LogP contribution in [0.5, 0.6) is 0 Å². The van der Waals surface area contributed by atoms with Crippen molar-refractivity contribution in [2.75, 3.05) is 6.61 Å². The molecule has 0 aromatic heterocycles. The first-order valence-electron chi connectivity index (χ1n) is 9.34. The van der Waals surface area contributed by atoms with Gasteiger partial charge in [-0.05, 0) is 0 Å². The van der Waals surface area contributed by atoms with Crippen LogP contribution >= 0.6 is 0 Å². The Hall–Kier alpha value is 0.759. The third-order valence-corrected chi connectivity index (χ3v) is 23.7. The van der Waals surface area contributed by atoms with E-state index in [9.17, 15) is 0 Å². The van der Waals surface area contributed by atoms with E-state index in [0.29, 0.717) is 3.62 Å². The van der Waals surface area contributed by atoms with Crippen LogP contribution in [-0.2, 0) is 4.74 Å². The first-order valence-corrected chi connectivity index (χ1v) is 16.8. The van der Waals surface area contributed by atoms with Gasteiger partial charge in [-0.2, -0.15) is 0 Å².